The van der Waals surface area contributed by atoms with E-state index in [1.54, 1.807) is 6.08 Å². The highest BCUT2D eigenvalue weighted by Crippen LogP contribution is 2.34. The Balaban J connectivity index is 1.94. The van der Waals surface area contributed by atoms with E-state index in [-0.39, 0.29) is 12.1 Å². The Morgan fingerprint density at radius 3 is 2.33 bits per heavy atom. The third-order valence-electron chi connectivity index (χ3n) is 5.36. The van der Waals surface area contributed by atoms with Gasteiger partial charge in [0, 0.05) is 6.54 Å². The van der Waals surface area contributed by atoms with Gasteiger partial charge in [0.15, 0.2) is 0 Å². The van der Waals surface area contributed by atoms with Crippen molar-refractivity contribution in [3.05, 3.63) is 94.5 Å². The van der Waals surface area contributed by atoms with Crippen molar-refractivity contribution < 1.29 is 28.2 Å². The van der Waals surface area contributed by atoms with Crippen molar-refractivity contribution in [3.8, 4) is 11.1 Å². The monoisotopic (exact) mass is 455 g/mol. The largest absolute Gasteiger partial charge is 0.480 e. The molecule has 3 aromatic rings. The molecule has 3 rings (SSSR count). The molecule has 0 heterocycles. The molecular formula is C26H24F3NO3. The van der Waals surface area contributed by atoms with Crippen molar-refractivity contribution in [1.29, 1.82) is 0 Å². The average Bonchev–Trinajstić information content (AvgIpc) is 2.78. The highest BCUT2D eigenvalue weighted by atomic mass is 19.4. The van der Waals surface area contributed by atoms with Crippen molar-refractivity contribution in [2.75, 3.05) is 6.61 Å². The predicted octanol–water partition coefficient (Wildman–Crippen LogP) is 5.39. The van der Waals surface area contributed by atoms with E-state index in [4.69, 9.17) is 10.2 Å². The fourth-order valence-electron chi connectivity index (χ4n) is 3.53. The van der Waals surface area contributed by atoms with Crippen LogP contribution in [0.1, 0.15) is 27.8 Å². The molecule has 33 heavy (non-hydrogen) atoms. The first-order valence-electron chi connectivity index (χ1n) is 10.3. The van der Waals surface area contributed by atoms with E-state index in [1.165, 1.54) is 18.2 Å². The fraction of sp³-hybridized carbons (Fsp3) is 0.192. The summed E-state index contributed by atoms with van der Waals surface area (Å²) in [5.41, 5.74) is 3.41. The van der Waals surface area contributed by atoms with Gasteiger partial charge in [0.2, 0.25) is 0 Å². The van der Waals surface area contributed by atoms with E-state index < -0.39 is 30.4 Å². The number of carbonyl (C=O) groups is 1. The molecule has 0 radical (unpaired) electrons. The molecule has 7 heteroatoms. The van der Waals surface area contributed by atoms with Gasteiger partial charge in [-0.15, -0.1) is 0 Å². The number of alkyl halides is 3. The number of nitrogens with one attached hydrogen (secondary N) is 1. The first-order chi connectivity index (χ1) is 15.7. The van der Waals surface area contributed by atoms with Crippen LogP contribution in [-0.4, -0.2) is 28.8 Å². The van der Waals surface area contributed by atoms with Crippen molar-refractivity contribution in [3.63, 3.8) is 0 Å². The van der Waals surface area contributed by atoms with Gasteiger partial charge in [-0.05, 0) is 52.4 Å². The number of rotatable bonds is 8. The van der Waals surface area contributed by atoms with Gasteiger partial charge in [0.1, 0.15) is 6.04 Å². The summed E-state index contributed by atoms with van der Waals surface area (Å²) >= 11 is 0. The zero-order valence-electron chi connectivity index (χ0n) is 17.9. The summed E-state index contributed by atoms with van der Waals surface area (Å²) in [4.78, 5) is 11.0. The minimum absolute atomic E-state index is 0.000968. The zero-order chi connectivity index (χ0) is 24.0. The maximum atomic E-state index is 13.6. The molecule has 0 amide bonds. The van der Waals surface area contributed by atoms with Crippen molar-refractivity contribution in [1.82, 2.24) is 5.32 Å². The second-order valence-electron chi connectivity index (χ2n) is 7.59. The lowest BCUT2D eigenvalue weighted by atomic mass is 9.95. The lowest BCUT2D eigenvalue weighted by molar-refractivity contribution is -0.140. The first-order valence-corrected chi connectivity index (χ1v) is 10.3. The standard InChI is InChI=1S/C26H24F3NO3/c1-17-19(8-5-9-22(17)20-6-3-2-4-7-20)11-12-21-14-18(10-13-23(21)26(27,28)29)15-30-24(16-31)25(32)33/h2-14,24,30-31H,15-16H2,1H3,(H,32,33)/b12-11+. The molecule has 0 aliphatic carbocycles. The number of hydrogen-bond acceptors (Lipinski definition) is 3. The van der Waals surface area contributed by atoms with E-state index in [0.29, 0.717) is 5.56 Å². The number of aliphatic hydroxyl groups excluding tert-OH is 1. The van der Waals surface area contributed by atoms with Gasteiger partial charge in [-0.3, -0.25) is 10.1 Å². The average molecular weight is 455 g/mol. The van der Waals surface area contributed by atoms with Crippen LogP contribution in [0.2, 0.25) is 0 Å². The molecule has 172 valence electrons. The van der Waals surface area contributed by atoms with Crippen LogP contribution in [-0.2, 0) is 17.5 Å². The molecule has 3 aromatic carbocycles. The molecule has 0 aromatic heterocycles. The van der Waals surface area contributed by atoms with Crippen LogP contribution in [0.25, 0.3) is 23.3 Å². The Kier molecular flexibility index (Phi) is 7.68. The van der Waals surface area contributed by atoms with Crippen LogP contribution in [0.3, 0.4) is 0 Å². The second-order valence-corrected chi connectivity index (χ2v) is 7.59. The molecule has 1 unspecified atom stereocenters. The van der Waals surface area contributed by atoms with Crippen molar-refractivity contribution >= 4 is 18.1 Å². The van der Waals surface area contributed by atoms with Gasteiger partial charge in [-0.2, -0.15) is 13.2 Å². The predicted molar refractivity (Wildman–Crippen MR) is 122 cm³/mol. The first kappa shape index (κ1) is 24.2. The minimum Gasteiger partial charge on any atom is -0.480 e. The Morgan fingerprint density at radius 2 is 1.70 bits per heavy atom. The van der Waals surface area contributed by atoms with Crippen LogP contribution in [0.4, 0.5) is 13.2 Å². The molecule has 0 saturated carbocycles. The number of hydrogen-bond donors (Lipinski definition) is 3. The summed E-state index contributed by atoms with van der Waals surface area (Å²) in [6.07, 6.45) is -1.47. The molecule has 3 N–H and O–H groups in total. The number of aliphatic carboxylic acids is 1. The fourth-order valence-corrected chi connectivity index (χ4v) is 3.53. The summed E-state index contributed by atoms with van der Waals surface area (Å²) in [5.74, 6) is -1.24. The number of carboxylic acid groups (broad SMARTS) is 1. The van der Waals surface area contributed by atoms with Gasteiger partial charge in [0.05, 0.1) is 12.2 Å². The lowest BCUT2D eigenvalue weighted by Crippen LogP contribution is -2.39. The topological polar surface area (TPSA) is 69.6 Å². The van der Waals surface area contributed by atoms with E-state index in [0.717, 1.165) is 28.3 Å². The third-order valence-corrected chi connectivity index (χ3v) is 5.36. The van der Waals surface area contributed by atoms with E-state index >= 15 is 0 Å². The van der Waals surface area contributed by atoms with E-state index in [9.17, 15) is 18.0 Å². The van der Waals surface area contributed by atoms with Gasteiger partial charge in [-0.1, -0.05) is 66.7 Å². The summed E-state index contributed by atoms with van der Waals surface area (Å²) in [7, 11) is 0. The van der Waals surface area contributed by atoms with Gasteiger partial charge in [-0.25, -0.2) is 0 Å². The molecule has 1 atom stereocenters. The SMILES string of the molecule is Cc1c(/C=C/c2cc(CNC(CO)C(=O)O)ccc2C(F)(F)F)cccc1-c1ccccc1. The van der Waals surface area contributed by atoms with E-state index in [1.807, 2.05) is 55.5 Å². The van der Waals surface area contributed by atoms with Crippen LogP contribution in [0, 0.1) is 6.92 Å². The van der Waals surface area contributed by atoms with Gasteiger partial charge >= 0.3 is 12.1 Å². The second kappa shape index (κ2) is 10.5. The van der Waals surface area contributed by atoms with E-state index in [2.05, 4.69) is 5.32 Å². The zero-order valence-corrected chi connectivity index (χ0v) is 17.9. The Hall–Kier alpha value is -3.42. The highest BCUT2D eigenvalue weighted by Gasteiger charge is 2.32. The molecular weight excluding hydrogens is 431 g/mol. The molecule has 4 nitrogen and oxygen atoms in total. The maximum absolute atomic E-state index is 13.6. The smallest absolute Gasteiger partial charge is 0.416 e. The van der Waals surface area contributed by atoms with Gasteiger partial charge in [0.25, 0.3) is 0 Å². The number of aliphatic hydroxyl groups is 1. The van der Waals surface area contributed by atoms with Crippen molar-refractivity contribution in [2.45, 2.75) is 25.7 Å². The summed E-state index contributed by atoms with van der Waals surface area (Å²) < 4.78 is 40.8. The quantitative estimate of drug-likeness (QED) is 0.399. The van der Waals surface area contributed by atoms with Crippen LogP contribution < -0.4 is 5.32 Å². The number of halogens is 3. The van der Waals surface area contributed by atoms with Crippen LogP contribution in [0.5, 0.6) is 0 Å². The summed E-state index contributed by atoms with van der Waals surface area (Å²) in [6.45, 7) is 1.30. The van der Waals surface area contributed by atoms with Crippen molar-refractivity contribution in [2.24, 2.45) is 0 Å². The molecule has 0 spiro atoms. The Morgan fingerprint density at radius 1 is 1.00 bits per heavy atom. The lowest BCUT2D eigenvalue weighted by Gasteiger charge is -2.15. The Bertz CT molecular complexity index is 1140. The summed E-state index contributed by atoms with van der Waals surface area (Å²) in [5, 5.41) is 20.8. The normalized spacial score (nSPS) is 12.8. The molecule has 0 saturated heterocycles. The molecule has 0 aliphatic rings. The van der Waals surface area contributed by atoms with Crippen LogP contribution >= 0.6 is 0 Å². The minimum atomic E-state index is -4.54. The highest BCUT2D eigenvalue weighted by molar-refractivity contribution is 5.78. The Labute approximate surface area is 190 Å². The van der Waals surface area contributed by atoms with Crippen LogP contribution in [0.15, 0.2) is 66.7 Å². The number of benzene rings is 3. The maximum Gasteiger partial charge on any atom is 0.416 e. The van der Waals surface area contributed by atoms with Gasteiger partial charge < -0.3 is 10.2 Å². The summed E-state index contributed by atoms with van der Waals surface area (Å²) in [6, 6.07) is 17.9. The molecule has 0 fully saturated rings. The molecule has 0 bridgehead atoms. The molecule has 0 aliphatic heterocycles. The number of carboxylic acids is 1. The third kappa shape index (κ3) is 6.09.